The molecule has 9 rings (SSSR count). The third kappa shape index (κ3) is 13.1. The topological polar surface area (TPSA) is 467 Å². The molecule has 19 N–H and O–H groups in total. The lowest BCUT2D eigenvalue weighted by Crippen LogP contribution is -2.65. The van der Waals surface area contributed by atoms with E-state index in [-0.39, 0.29) is 47.3 Å². The highest BCUT2D eigenvalue weighted by Crippen LogP contribution is 2.75. The molecule has 0 aromatic rings. The van der Waals surface area contributed by atoms with Crippen LogP contribution >= 0.6 is 0 Å². The fourth-order valence-electron chi connectivity index (χ4n) is 17.5. The first-order valence-electron chi connectivity index (χ1n) is 31.9. The zero-order valence-electron chi connectivity index (χ0n) is 52.1. The SMILES string of the molecule is C[C@H](CC[C@@H](O[C@@H]1O[C@H](CO)[C@@H](O)[C@H](O)[C@H]1O[C@@H]1O[C@H](CO)[C@@H](O)[C@H](O)[C@H]1O)C(C)(C)O)C1CC[C@@]2(C)C3CC=C4C(CC[C@H](O[C@@H]5O[C@H](CO[C@H]6O[C@H](CO[C@@H]7C[C@H](CO)[C@@H](O)[C@H](O)[C@H]7O)[C@@H](O)[C@H](O)[C@H]6O)[C@@H](O)[C@H](O)[C@H]5O)C4(C)C)[C@]3(C)[C@H](O)C[C@]12C. The van der Waals surface area contributed by atoms with Gasteiger partial charge in [0.2, 0.25) is 0 Å². The van der Waals surface area contributed by atoms with E-state index in [1.54, 1.807) is 13.8 Å². The Morgan fingerprint density at radius 3 is 1.65 bits per heavy atom. The van der Waals surface area contributed by atoms with Gasteiger partial charge in [-0.1, -0.05) is 53.2 Å². The number of allylic oxidation sites excluding steroid dienone is 1. The van der Waals surface area contributed by atoms with Crippen molar-refractivity contribution >= 4 is 0 Å². The Kier molecular flexibility index (Phi) is 22.3. The second-order valence-electron chi connectivity index (χ2n) is 29.2. The minimum atomic E-state index is -1.87. The van der Waals surface area contributed by atoms with Crippen LogP contribution in [-0.2, 0) is 42.6 Å². The first-order chi connectivity index (χ1) is 41.6. The van der Waals surface area contributed by atoms with Crippen molar-refractivity contribution < 1.29 is 140 Å². The molecule has 0 aromatic heterocycles. The van der Waals surface area contributed by atoms with Crippen molar-refractivity contribution in [2.75, 3.05) is 33.0 Å². The van der Waals surface area contributed by atoms with Gasteiger partial charge < -0.3 is 140 Å². The molecule has 35 atom stereocenters. The Morgan fingerprint density at radius 2 is 1.07 bits per heavy atom. The molecule has 4 saturated heterocycles. The van der Waals surface area contributed by atoms with E-state index in [0.29, 0.717) is 32.1 Å². The normalized spacial score (nSPS) is 51.8. The summed E-state index contributed by atoms with van der Waals surface area (Å²) >= 11 is 0. The van der Waals surface area contributed by atoms with Gasteiger partial charge in [-0.05, 0) is 106 Å². The van der Waals surface area contributed by atoms with Crippen molar-refractivity contribution in [1.82, 2.24) is 0 Å². The van der Waals surface area contributed by atoms with Crippen molar-refractivity contribution in [2.45, 2.75) is 284 Å². The number of hydrogen-bond acceptors (Lipinski definition) is 28. The number of aliphatic hydroxyl groups excluding tert-OH is 18. The second kappa shape index (κ2) is 27.6. The molecule has 28 heteroatoms. The standard InChI is InChI=1S/C61H104O28/c1-24(9-13-37(58(4,5)80)88-56-52(48(76)41(69)31(21-64)84-56)89-55-51(79)45(73)40(68)30(20-63)83-55)26-15-16-59(6)34-12-10-27-28(61(34,8)35(65)18-60(26,59)7)11-14-36(57(27,2)3)87-54-50(78)47(75)43(71)33(86-54)23-82-53-49(77)46(74)42(70)32(85-53)22-81-29-17-25(19-62)38(66)44(72)39(29)67/h10,24-26,28-56,62-80H,9,11-23H2,1-8H3/t24-,25-,26?,28?,29-,30-,31-,32-,33-,34?,35-,36+,37-,38-,39+,40-,41-,42-,43-,44+,45+,46+,47+,48+,49-,50-,51-,52-,53+,54+,55+,56+,59+,60-,61+/m1/s1. The average Bonchev–Trinajstić information content (AvgIpc) is 1.66. The Bertz CT molecular complexity index is 2350. The Hall–Kier alpha value is -1.38. The molecule has 89 heavy (non-hydrogen) atoms. The van der Waals surface area contributed by atoms with Crippen molar-refractivity contribution in [1.29, 1.82) is 0 Å². The summed E-state index contributed by atoms with van der Waals surface area (Å²) < 4.78 is 53.9. The van der Waals surface area contributed by atoms with Crippen LogP contribution < -0.4 is 0 Å². The summed E-state index contributed by atoms with van der Waals surface area (Å²) in [5.41, 5.74) is -2.33. The minimum Gasteiger partial charge on any atom is -0.396 e. The quantitative estimate of drug-likeness (QED) is 0.0509. The predicted molar refractivity (Wildman–Crippen MR) is 303 cm³/mol. The molecule has 0 bridgehead atoms. The summed E-state index contributed by atoms with van der Waals surface area (Å²) in [6.07, 6.45) is -34.1. The number of aliphatic hydroxyl groups is 19. The number of rotatable bonds is 20. The van der Waals surface area contributed by atoms with Gasteiger partial charge in [0.1, 0.15) is 110 Å². The van der Waals surface area contributed by atoms with E-state index >= 15 is 0 Å². The van der Waals surface area contributed by atoms with Gasteiger partial charge in [0.15, 0.2) is 25.2 Å². The lowest BCUT2D eigenvalue weighted by molar-refractivity contribution is -0.375. The molecule has 0 amide bonds. The van der Waals surface area contributed by atoms with E-state index in [0.717, 1.165) is 18.4 Å². The Morgan fingerprint density at radius 1 is 0.551 bits per heavy atom. The van der Waals surface area contributed by atoms with E-state index in [1.165, 1.54) is 0 Å². The minimum absolute atomic E-state index is 0.0220. The van der Waals surface area contributed by atoms with Crippen LogP contribution in [0.25, 0.3) is 0 Å². The second-order valence-corrected chi connectivity index (χ2v) is 29.2. The van der Waals surface area contributed by atoms with E-state index < -0.39 is 221 Å². The monoisotopic (exact) mass is 1280 g/mol. The zero-order chi connectivity index (χ0) is 65.5. The average molecular weight is 1290 g/mol. The van der Waals surface area contributed by atoms with Crippen LogP contribution in [0.5, 0.6) is 0 Å². The summed E-state index contributed by atoms with van der Waals surface area (Å²) in [4.78, 5) is 0. The third-order valence-corrected chi connectivity index (χ3v) is 23.4. The zero-order valence-corrected chi connectivity index (χ0v) is 52.1. The molecule has 28 nitrogen and oxygen atoms in total. The van der Waals surface area contributed by atoms with Crippen LogP contribution in [0.2, 0.25) is 0 Å². The maximum atomic E-state index is 12.8. The summed E-state index contributed by atoms with van der Waals surface area (Å²) in [5, 5.41) is 205. The summed E-state index contributed by atoms with van der Waals surface area (Å²) in [6.45, 7) is 13.1. The molecule has 4 saturated carbocycles. The maximum absolute atomic E-state index is 12.8. The smallest absolute Gasteiger partial charge is 0.187 e. The summed E-state index contributed by atoms with van der Waals surface area (Å²) in [5.74, 6) is -0.715. The van der Waals surface area contributed by atoms with Gasteiger partial charge >= 0.3 is 0 Å². The molecule has 8 fully saturated rings. The molecule has 9 aliphatic rings. The predicted octanol–water partition coefficient (Wildman–Crippen LogP) is -4.74. The van der Waals surface area contributed by atoms with Crippen LogP contribution in [0, 0.1) is 51.2 Å². The highest BCUT2D eigenvalue weighted by molar-refractivity contribution is 5.32. The summed E-state index contributed by atoms with van der Waals surface area (Å²) in [7, 11) is 0. The van der Waals surface area contributed by atoms with Crippen molar-refractivity contribution in [3.8, 4) is 0 Å². The molecule has 4 aliphatic heterocycles. The highest BCUT2D eigenvalue weighted by atomic mass is 16.8. The van der Waals surface area contributed by atoms with Gasteiger partial charge in [0.25, 0.3) is 0 Å². The molecule has 0 aromatic carbocycles. The van der Waals surface area contributed by atoms with Gasteiger partial charge in [-0.3, -0.25) is 0 Å². The maximum Gasteiger partial charge on any atom is 0.187 e. The largest absolute Gasteiger partial charge is 0.396 e. The fraction of sp³-hybridized carbons (Fsp3) is 0.967. The number of hydrogen-bond donors (Lipinski definition) is 19. The van der Waals surface area contributed by atoms with Crippen LogP contribution in [0.3, 0.4) is 0 Å². The van der Waals surface area contributed by atoms with Crippen LogP contribution in [0.1, 0.15) is 113 Å². The first kappa shape index (κ1) is 71.9. The first-order valence-corrected chi connectivity index (χ1v) is 31.9. The number of fused-ring (bicyclic) bond motifs is 5. The molecule has 0 spiro atoms. The Labute approximate surface area is 518 Å². The van der Waals surface area contributed by atoms with E-state index in [1.807, 2.05) is 13.8 Å². The Balaban J connectivity index is 0.839. The molecule has 4 heterocycles. The van der Waals surface area contributed by atoms with Crippen molar-refractivity contribution in [2.24, 2.45) is 51.2 Å². The van der Waals surface area contributed by atoms with Gasteiger partial charge in [0.05, 0.1) is 62.5 Å². The molecule has 3 unspecified atom stereocenters. The molecular weight excluding hydrogens is 1180 g/mol. The lowest BCUT2D eigenvalue weighted by atomic mass is 9.38. The number of ether oxygens (including phenoxy) is 9. The van der Waals surface area contributed by atoms with Gasteiger partial charge in [-0.2, -0.15) is 0 Å². The van der Waals surface area contributed by atoms with Gasteiger partial charge in [-0.25, -0.2) is 0 Å². The highest BCUT2D eigenvalue weighted by Gasteiger charge is 2.70. The van der Waals surface area contributed by atoms with E-state index in [4.69, 9.17) is 42.6 Å². The van der Waals surface area contributed by atoms with E-state index in [2.05, 4.69) is 33.8 Å². The molecular formula is C61H104O28. The third-order valence-electron chi connectivity index (χ3n) is 23.4. The fourth-order valence-corrected chi connectivity index (χ4v) is 17.5. The van der Waals surface area contributed by atoms with Crippen molar-refractivity contribution in [3.05, 3.63) is 11.6 Å². The van der Waals surface area contributed by atoms with Crippen LogP contribution in [0.15, 0.2) is 11.6 Å². The molecule has 0 radical (unpaired) electrons. The lowest BCUT2D eigenvalue weighted by Gasteiger charge is -2.67. The molecule has 516 valence electrons. The van der Waals surface area contributed by atoms with Crippen molar-refractivity contribution in [3.63, 3.8) is 0 Å². The van der Waals surface area contributed by atoms with Crippen LogP contribution in [-0.4, -0.2) is 301 Å². The summed E-state index contributed by atoms with van der Waals surface area (Å²) in [6, 6.07) is 0. The van der Waals surface area contributed by atoms with Crippen LogP contribution in [0.4, 0.5) is 0 Å². The van der Waals surface area contributed by atoms with E-state index in [9.17, 15) is 97.0 Å². The van der Waals surface area contributed by atoms with Gasteiger partial charge in [0, 0.05) is 23.4 Å². The molecule has 5 aliphatic carbocycles. The van der Waals surface area contributed by atoms with Gasteiger partial charge in [-0.15, -0.1) is 0 Å².